The molecule has 0 atom stereocenters. The van der Waals surface area contributed by atoms with Gasteiger partial charge in [0, 0.05) is 18.6 Å². The van der Waals surface area contributed by atoms with Crippen LogP contribution in [0.4, 0.5) is 5.69 Å². The molecule has 0 amide bonds. The fourth-order valence-corrected chi connectivity index (χ4v) is 2.61. The van der Waals surface area contributed by atoms with Crippen LogP contribution >= 0.6 is 0 Å². The number of rotatable bonds is 3. The molecule has 3 heteroatoms. The second-order valence-electron chi connectivity index (χ2n) is 5.05. The summed E-state index contributed by atoms with van der Waals surface area (Å²) in [5.41, 5.74) is 3.92. The van der Waals surface area contributed by atoms with Crippen LogP contribution in [0.25, 0.3) is 10.9 Å². The van der Waals surface area contributed by atoms with Crippen LogP contribution in [0.3, 0.4) is 0 Å². The van der Waals surface area contributed by atoms with Gasteiger partial charge in [-0.1, -0.05) is 43.3 Å². The molecule has 0 aliphatic carbocycles. The minimum atomic E-state index is 0.244. The van der Waals surface area contributed by atoms with E-state index in [1.54, 1.807) is 10.8 Å². The van der Waals surface area contributed by atoms with E-state index in [-0.39, 0.29) is 5.88 Å². The molecule has 0 saturated carbocycles. The van der Waals surface area contributed by atoms with Crippen molar-refractivity contribution >= 4 is 22.8 Å². The first-order valence-electron chi connectivity index (χ1n) is 7.10. The Balaban J connectivity index is 2.10. The van der Waals surface area contributed by atoms with E-state index in [0.717, 1.165) is 28.6 Å². The van der Waals surface area contributed by atoms with E-state index in [1.807, 2.05) is 49.5 Å². The van der Waals surface area contributed by atoms with Gasteiger partial charge in [-0.25, -0.2) is 0 Å². The van der Waals surface area contributed by atoms with Gasteiger partial charge in [-0.15, -0.1) is 0 Å². The van der Waals surface area contributed by atoms with Crippen LogP contribution in [0.1, 0.15) is 18.1 Å². The molecule has 1 N–H and O–H groups in total. The maximum absolute atomic E-state index is 10.3. The lowest BCUT2D eigenvalue weighted by molar-refractivity contribution is 0.434. The maximum Gasteiger partial charge on any atom is 0.200 e. The Morgan fingerprint density at radius 3 is 2.62 bits per heavy atom. The first-order chi connectivity index (χ1) is 10.2. The highest BCUT2D eigenvalue weighted by Gasteiger charge is 2.11. The highest BCUT2D eigenvalue weighted by Crippen LogP contribution is 2.29. The Morgan fingerprint density at radius 1 is 1.10 bits per heavy atom. The zero-order valence-electron chi connectivity index (χ0n) is 12.2. The summed E-state index contributed by atoms with van der Waals surface area (Å²) in [6.45, 7) is 2.11. The van der Waals surface area contributed by atoms with E-state index >= 15 is 0 Å². The third-order valence-electron chi connectivity index (χ3n) is 3.82. The quantitative estimate of drug-likeness (QED) is 0.716. The van der Waals surface area contributed by atoms with Gasteiger partial charge in [0.25, 0.3) is 0 Å². The molecule has 21 heavy (non-hydrogen) atoms. The Morgan fingerprint density at radius 2 is 1.81 bits per heavy atom. The summed E-state index contributed by atoms with van der Waals surface area (Å²) >= 11 is 0. The topological polar surface area (TPSA) is 37.5 Å². The molecule has 0 saturated heterocycles. The molecule has 3 rings (SSSR count). The summed E-state index contributed by atoms with van der Waals surface area (Å²) in [6, 6.07) is 16.0. The van der Waals surface area contributed by atoms with Crippen molar-refractivity contribution in [3.05, 3.63) is 59.7 Å². The molecular formula is C18H18N2O. The molecule has 0 bridgehead atoms. The van der Waals surface area contributed by atoms with E-state index in [4.69, 9.17) is 0 Å². The number of hydrogen-bond acceptors (Lipinski definition) is 2. The zero-order valence-corrected chi connectivity index (χ0v) is 12.2. The van der Waals surface area contributed by atoms with E-state index in [1.165, 1.54) is 5.56 Å². The second kappa shape index (κ2) is 5.44. The number of hydrogen-bond donors (Lipinski definition) is 1. The monoisotopic (exact) mass is 278 g/mol. The molecule has 0 fully saturated rings. The number of para-hydroxylation sites is 2. The summed E-state index contributed by atoms with van der Waals surface area (Å²) in [5, 5.41) is 11.3. The van der Waals surface area contributed by atoms with Gasteiger partial charge < -0.3 is 9.67 Å². The summed E-state index contributed by atoms with van der Waals surface area (Å²) in [6.07, 6.45) is 2.70. The van der Waals surface area contributed by atoms with Crippen LogP contribution in [0.15, 0.2) is 53.5 Å². The van der Waals surface area contributed by atoms with Gasteiger partial charge in [0.05, 0.1) is 16.8 Å². The van der Waals surface area contributed by atoms with E-state index in [2.05, 4.69) is 18.0 Å². The largest absolute Gasteiger partial charge is 0.494 e. The number of nitrogens with zero attached hydrogens (tertiary/aromatic N) is 2. The smallest absolute Gasteiger partial charge is 0.200 e. The third-order valence-corrected chi connectivity index (χ3v) is 3.82. The van der Waals surface area contributed by atoms with Gasteiger partial charge in [-0.3, -0.25) is 4.99 Å². The van der Waals surface area contributed by atoms with Crippen LogP contribution in [-0.2, 0) is 13.5 Å². The second-order valence-corrected chi connectivity index (χ2v) is 5.05. The SMILES string of the molecule is CCc1ccccc1N=Cc1c(O)n(C)c2ccccc12. The van der Waals surface area contributed by atoms with E-state index < -0.39 is 0 Å². The number of aromatic nitrogens is 1. The van der Waals surface area contributed by atoms with Gasteiger partial charge in [0.1, 0.15) is 0 Å². The van der Waals surface area contributed by atoms with Crippen molar-refractivity contribution in [2.24, 2.45) is 12.0 Å². The lowest BCUT2D eigenvalue weighted by atomic mass is 10.1. The summed E-state index contributed by atoms with van der Waals surface area (Å²) < 4.78 is 1.78. The maximum atomic E-state index is 10.3. The number of aromatic hydroxyl groups is 1. The van der Waals surface area contributed by atoms with Gasteiger partial charge in [-0.2, -0.15) is 0 Å². The fourth-order valence-electron chi connectivity index (χ4n) is 2.61. The Hall–Kier alpha value is -2.55. The van der Waals surface area contributed by atoms with Crippen LogP contribution in [0.5, 0.6) is 5.88 Å². The lowest BCUT2D eigenvalue weighted by Crippen LogP contribution is -1.86. The van der Waals surface area contributed by atoms with Crippen LogP contribution in [-0.4, -0.2) is 15.9 Å². The minimum absolute atomic E-state index is 0.244. The Kier molecular flexibility index (Phi) is 3.48. The van der Waals surface area contributed by atoms with Crippen molar-refractivity contribution < 1.29 is 5.11 Å². The molecule has 106 valence electrons. The molecule has 3 aromatic rings. The molecule has 0 radical (unpaired) electrons. The Bertz CT molecular complexity index is 815. The van der Waals surface area contributed by atoms with Crippen molar-refractivity contribution in [3.8, 4) is 5.88 Å². The zero-order chi connectivity index (χ0) is 14.8. The van der Waals surface area contributed by atoms with Crippen LogP contribution in [0.2, 0.25) is 0 Å². The molecule has 1 aromatic heterocycles. The van der Waals surface area contributed by atoms with E-state index in [0.29, 0.717) is 0 Å². The molecule has 0 spiro atoms. The number of fused-ring (bicyclic) bond motifs is 1. The van der Waals surface area contributed by atoms with Gasteiger partial charge in [0.2, 0.25) is 5.88 Å². The average molecular weight is 278 g/mol. The number of aliphatic imine (C=N–C) groups is 1. The highest BCUT2D eigenvalue weighted by molar-refractivity contribution is 6.03. The molecule has 0 aliphatic rings. The average Bonchev–Trinajstić information content (AvgIpc) is 2.78. The van der Waals surface area contributed by atoms with Crippen molar-refractivity contribution in [1.82, 2.24) is 4.57 Å². The normalized spacial score (nSPS) is 11.5. The molecular weight excluding hydrogens is 260 g/mol. The van der Waals surface area contributed by atoms with Gasteiger partial charge in [0.15, 0.2) is 0 Å². The van der Waals surface area contributed by atoms with Gasteiger partial charge in [-0.05, 0) is 24.1 Å². The molecule has 0 aliphatic heterocycles. The standard InChI is InChI=1S/C18H18N2O/c1-3-13-8-4-6-10-16(13)19-12-15-14-9-5-7-11-17(14)20(2)18(15)21/h4-12,21H,3H2,1-2H3. The first-order valence-corrected chi connectivity index (χ1v) is 7.10. The molecule has 0 unspecified atom stereocenters. The first kappa shape index (κ1) is 13.4. The molecule has 1 heterocycles. The predicted octanol–water partition coefficient (Wildman–Crippen LogP) is 4.20. The van der Waals surface area contributed by atoms with Crippen molar-refractivity contribution in [1.29, 1.82) is 0 Å². The van der Waals surface area contributed by atoms with Gasteiger partial charge >= 0.3 is 0 Å². The number of benzene rings is 2. The van der Waals surface area contributed by atoms with Crippen LogP contribution in [0, 0.1) is 0 Å². The van der Waals surface area contributed by atoms with Crippen molar-refractivity contribution in [2.45, 2.75) is 13.3 Å². The minimum Gasteiger partial charge on any atom is -0.494 e. The lowest BCUT2D eigenvalue weighted by Gasteiger charge is -2.01. The van der Waals surface area contributed by atoms with Crippen LogP contribution < -0.4 is 0 Å². The summed E-state index contributed by atoms with van der Waals surface area (Å²) in [5.74, 6) is 0.244. The fraction of sp³-hybridized carbons (Fsp3) is 0.167. The summed E-state index contributed by atoms with van der Waals surface area (Å²) in [7, 11) is 1.86. The summed E-state index contributed by atoms with van der Waals surface area (Å²) in [4.78, 5) is 4.57. The van der Waals surface area contributed by atoms with Crippen molar-refractivity contribution in [3.63, 3.8) is 0 Å². The molecule has 2 aromatic carbocycles. The van der Waals surface area contributed by atoms with E-state index in [9.17, 15) is 5.11 Å². The van der Waals surface area contributed by atoms with Crippen molar-refractivity contribution in [2.75, 3.05) is 0 Å². The highest BCUT2D eigenvalue weighted by atomic mass is 16.3. The predicted molar refractivity (Wildman–Crippen MR) is 87.7 cm³/mol. The third kappa shape index (κ3) is 2.31. The number of aryl methyl sites for hydroxylation is 2. The molecule has 3 nitrogen and oxygen atoms in total. The Labute approximate surface area is 124 Å².